The first-order valence-corrected chi connectivity index (χ1v) is 12.6. The van der Waals surface area contributed by atoms with Crippen LogP contribution in [0.1, 0.15) is 37.0 Å². The standard InChI is InChI=1S/C26H28FN3O7S/c1-5-36-21(31)12-11-17(26(33)37-6-2)30-25(32)22-18(34-3)13-19(23(27)24(22)35-4)38-20-14-28-15-9-7-8-10-16(15)29-20/h7-10,13-14,17H,5-6,11-12H2,1-4H3,(H,30,32). The smallest absolute Gasteiger partial charge is 0.328 e. The molecule has 0 fully saturated rings. The average molecular weight is 546 g/mol. The highest BCUT2D eigenvalue weighted by atomic mass is 32.2. The Morgan fingerprint density at radius 3 is 2.42 bits per heavy atom. The summed E-state index contributed by atoms with van der Waals surface area (Å²) in [5.41, 5.74) is 1.08. The van der Waals surface area contributed by atoms with Crippen molar-refractivity contribution in [2.45, 2.75) is 42.7 Å². The first kappa shape index (κ1) is 28.6. The number of rotatable bonds is 12. The van der Waals surface area contributed by atoms with Gasteiger partial charge in [-0.05, 0) is 38.5 Å². The summed E-state index contributed by atoms with van der Waals surface area (Å²) in [7, 11) is 2.53. The van der Waals surface area contributed by atoms with Crippen molar-refractivity contribution in [1.82, 2.24) is 15.3 Å². The number of halogens is 1. The van der Waals surface area contributed by atoms with Crippen LogP contribution in [0.2, 0.25) is 0 Å². The summed E-state index contributed by atoms with van der Waals surface area (Å²) in [5.74, 6) is -3.32. The number of aromatic nitrogens is 2. The number of para-hydroxylation sites is 2. The van der Waals surface area contributed by atoms with Gasteiger partial charge in [0.05, 0.1) is 49.6 Å². The number of hydrogen-bond acceptors (Lipinski definition) is 10. The normalized spacial score (nSPS) is 11.5. The highest BCUT2D eigenvalue weighted by Gasteiger charge is 2.30. The lowest BCUT2D eigenvalue weighted by Gasteiger charge is -2.20. The van der Waals surface area contributed by atoms with Gasteiger partial charge in [0.2, 0.25) is 0 Å². The lowest BCUT2D eigenvalue weighted by Crippen LogP contribution is -2.42. The maximum absolute atomic E-state index is 15.6. The summed E-state index contributed by atoms with van der Waals surface area (Å²) in [4.78, 5) is 46.4. The third-order valence-electron chi connectivity index (χ3n) is 5.26. The zero-order valence-corrected chi connectivity index (χ0v) is 22.2. The highest BCUT2D eigenvalue weighted by Crippen LogP contribution is 2.40. The molecule has 0 aliphatic carbocycles. The molecule has 0 spiro atoms. The molecule has 2 aromatic carbocycles. The van der Waals surface area contributed by atoms with Crippen molar-refractivity contribution in [3.05, 3.63) is 47.9 Å². The van der Waals surface area contributed by atoms with Crippen molar-refractivity contribution < 1.29 is 37.7 Å². The van der Waals surface area contributed by atoms with Gasteiger partial charge in [-0.15, -0.1) is 0 Å². The summed E-state index contributed by atoms with van der Waals surface area (Å²) in [6.07, 6.45) is 1.30. The Morgan fingerprint density at radius 1 is 1.05 bits per heavy atom. The minimum absolute atomic E-state index is 0.00463. The van der Waals surface area contributed by atoms with Gasteiger partial charge in [0.1, 0.15) is 22.4 Å². The van der Waals surface area contributed by atoms with Crippen molar-refractivity contribution in [3.63, 3.8) is 0 Å². The number of methoxy groups -OCH3 is 2. The van der Waals surface area contributed by atoms with Gasteiger partial charge >= 0.3 is 11.9 Å². The second kappa shape index (κ2) is 13.6. The summed E-state index contributed by atoms with van der Waals surface area (Å²) in [5, 5.41) is 2.93. The molecule has 10 nitrogen and oxygen atoms in total. The predicted molar refractivity (Wildman–Crippen MR) is 137 cm³/mol. The zero-order chi connectivity index (χ0) is 27.7. The Labute approximate surface area is 223 Å². The van der Waals surface area contributed by atoms with E-state index in [0.29, 0.717) is 16.1 Å². The van der Waals surface area contributed by atoms with Crippen LogP contribution in [0.3, 0.4) is 0 Å². The average Bonchev–Trinajstić information content (AvgIpc) is 2.91. The molecular formula is C26H28FN3O7S. The molecule has 1 unspecified atom stereocenters. The van der Waals surface area contributed by atoms with Gasteiger partial charge in [-0.25, -0.2) is 14.2 Å². The minimum atomic E-state index is -1.19. The summed E-state index contributed by atoms with van der Waals surface area (Å²) in [6, 6.07) is 7.42. The molecule has 0 bridgehead atoms. The van der Waals surface area contributed by atoms with E-state index in [1.165, 1.54) is 26.5 Å². The summed E-state index contributed by atoms with van der Waals surface area (Å²) in [6.45, 7) is 3.51. The highest BCUT2D eigenvalue weighted by molar-refractivity contribution is 7.99. The van der Waals surface area contributed by atoms with Gasteiger partial charge in [0, 0.05) is 6.42 Å². The van der Waals surface area contributed by atoms with Crippen LogP contribution < -0.4 is 14.8 Å². The first-order chi connectivity index (χ1) is 18.3. The summed E-state index contributed by atoms with van der Waals surface area (Å²) >= 11 is 0.984. The van der Waals surface area contributed by atoms with Crippen molar-refractivity contribution in [1.29, 1.82) is 0 Å². The monoisotopic (exact) mass is 545 g/mol. The van der Waals surface area contributed by atoms with E-state index < -0.39 is 29.7 Å². The molecule has 3 rings (SSSR count). The fourth-order valence-electron chi connectivity index (χ4n) is 3.55. The van der Waals surface area contributed by atoms with Crippen molar-refractivity contribution in [3.8, 4) is 11.5 Å². The number of benzene rings is 2. The fraction of sp³-hybridized carbons (Fsp3) is 0.346. The predicted octanol–water partition coefficient (Wildman–Crippen LogP) is 3.94. The molecule has 1 atom stereocenters. The van der Waals surface area contributed by atoms with Crippen LogP contribution in [0.15, 0.2) is 46.5 Å². The van der Waals surface area contributed by atoms with E-state index in [0.717, 1.165) is 11.8 Å². The lowest BCUT2D eigenvalue weighted by molar-refractivity contribution is -0.146. The number of esters is 2. The van der Waals surface area contributed by atoms with Crippen LogP contribution >= 0.6 is 11.8 Å². The minimum Gasteiger partial charge on any atom is -0.496 e. The van der Waals surface area contributed by atoms with Crippen molar-refractivity contribution >= 4 is 40.6 Å². The van der Waals surface area contributed by atoms with E-state index in [2.05, 4.69) is 15.3 Å². The SMILES string of the molecule is CCOC(=O)CCC(NC(=O)c1c(OC)cc(Sc2cnc3ccccc3n2)c(F)c1OC)C(=O)OCC. The molecule has 1 amide bonds. The third-order valence-corrected chi connectivity index (χ3v) is 6.19. The van der Waals surface area contributed by atoms with E-state index >= 15 is 4.39 Å². The Bertz CT molecular complexity index is 1320. The van der Waals surface area contributed by atoms with Crippen LogP contribution in [0.5, 0.6) is 11.5 Å². The second-order valence-corrected chi connectivity index (χ2v) is 8.78. The Balaban J connectivity index is 1.91. The molecule has 0 saturated heterocycles. The largest absolute Gasteiger partial charge is 0.496 e. The Morgan fingerprint density at radius 2 is 1.76 bits per heavy atom. The molecule has 3 aromatic rings. The quantitative estimate of drug-likeness (QED) is 0.335. The first-order valence-electron chi connectivity index (χ1n) is 11.8. The number of fused-ring (bicyclic) bond motifs is 1. The van der Waals surface area contributed by atoms with E-state index in [9.17, 15) is 14.4 Å². The summed E-state index contributed by atoms with van der Waals surface area (Å²) < 4.78 is 36.1. The van der Waals surface area contributed by atoms with E-state index in [1.807, 2.05) is 18.2 Å². The molecule has 12 heteroatoms. The van der Waals surface area contributed by atoms with Gasteiger partial charge < -0.3 is 24.3 Å². The van der Waals surface area contributed by atoms with Gasteiger partial charge in [-0.1, -0.05) is 23.9 Å². The maximum atomic E-state index is 15.6. The number of nitrogens with zero attached hydrogens (tertiary/aromatic N) is 2. The number of nitrogens with one attached hydrogen (secondary N) is 1. The van der Waals surface area contributed by atoms with Crippen LogP contribution in [0.4, 0.5) is 4.39 Å². The van der Waals surface area contributed by atoms with Gasteiger partial charge in [0.25, 0.3) is 5.91 Å². The van der Waals surface area contributed by atoms with Crippen LogP contribution in [0, 0.1) is 5.82 Å². The third kappa shape index (κ3) is 6.88. The van der Waals surface area contributed by atoms with Crippen LogP contribution in [0.25, 0.3) is 11.0 Å². The number of carbonyl (C=O) groups excluding carboxylic acids is 3. The van der Waals surface area contributed by atoms with Crippen molar-refractivity contribution in [2.75, 3.05) is 27.4 Å². The maximum Gasteiger partial charge on any atom is 0.328 e. The molecule has 0 radical (unpaired) electrons. The number of carbonyl (C=O) groups is 3. The lowest BCUT2D eigenvalue weighted by atomic mass is 10.1. The number of ether oxygens (including phenoxy) is 4. The van der Waals surface area contributed by atoms with Crippen molar-refractivity contribution in [2.24, 2.45) is 0 Å². The number of hydrogen-bond donors (Lipinski definition) is 1. The van der Waals surface area contributed by atoms with Crippen LogP contribution in [-0.2, 0) is 19.1 Å². The van der Waals surface area contributed by atoms with Gasteiger partial charge in [-0.2, -0.15) is 0 Å². The molecule has 202 valence electrons. The van der Waals surface area contributed by atoms with Crippen LogP contribution in [-0.4, -0.2) is 61.3 Å². The molecule has 0 aliphatic rings. The van der Waals surface area contributed by atoms with E-state index in [1.54, 1.807) is 19.9 Å². The zero-order valence-electron chi connectivity index (χ0n) is 21.4. The molecule has 1 heterocycles. The topological polar surface area (TPSA) is 126 Å². The second-order valence-electron chi connectivity index (χ2n) is 7.72. The number of amides is 1. The van der Waals surface area contributed by atoms with E-state index in [4.69, 9.17) is 18.9 Å². The molecule has 38 heavy (non-hydrogen) atoms. The Kier molecular flexibility index (Phi) is 10.2. The molecule has 1 aromatic heterocycles. The molecule has 0 saturated carbocycles. The van der Waals surface area contributed by atoms with Gasteiger partial charge in [-0.3, -0.25) is 14.6 Å². The molecular weight excluding hydrogens is 517 g/mol. The Hall–Kier alpha value is -3.93. The fourth-order valence-corrected chi connectivity index (χ4v) is 4.37. The molecule has 0 aliphatic heterocycles. The van der Waals surface area contributed by atoms with Gasteiger partial charge in [0.15, 0.2) is 11.6 Å². The molecule has 1 N–H and O–H groups in total. The van der Waals surface area contributed by atoms with E-state index in [-0.39, 0.29) is 48.0 Å².